The van der Waals surface area contributed by atoms with Crippen LogP contribution in [0.15, 0.2) is 0 Å². The monoisotopic (exact) mass is 269 g/mol. The molecule has 0 saturated heterocycles. The van der Waals surface area contributed by atoms with E-state index in [-0.39, 0.29) is 0 Å². The maximum absolute atomic E-state index is 5.48. The molecule has 0 saturated carbocycles. The first-order chi connectivity index (χ1) is 8.62. The van der Waals surface area contributed by atoms with Crippen LogP contribution in [0.3, 0.4) is 0 Å². The third-order valence-corrected chi connectivity index (χ3v) is 3.43. The molecule has 4 N–H and O–H groups in total. The van der Waals surface area contributed by atoms with Crippen LogP contribution in [0.25, 0.3) is 0 Å². The summed E-state index contributed by atoms with van der Waals surface area (Å²) < 4.78 is 0. The lowest BCUT2D eigenvalue weighted by Gasteiger charge is -2.17. The molecule has 0 spiro atoms. The zero-order valence-electron chi connectivity index (χ0n) is 11.6. The molecule has 0 aliphatic carbocycles. The molecule has 0 aliphatic rings. The normalized spacial score (nSPS) is 12.3. The van der Waals surface area contributed by atoms with Gasteiger partial charge in [-0.1, -0.05) is 6.92 Å². The van der Waals surface area contributed by atoms with Gasteiger partial charge < -0.3 is 10.7 Å². The summed E-state index contributed by atoms with van der Waals surface area (Å²) >= 11 is 1.85. The minimum Gasteiger partial charge on any atom is -0.367 e. The highest BCUT2D eigenvalue weighted by molar-refractivity contribution is 7.98. The van der Waals surface area contributed by atoms with Gasteiger partial charge in [-0.3, -0.25) is 0 Å². The van der Waals surface area contributed by atoms with E-state index >= 15 is 0 Å². The largest absolute Gasteiger partial charge is 0.367 e. The van der Waals surface area contributed by atoms with Crippen molar-refractivity contribution >= 4 is 23.4 Å². The van der Waals surface area contributed by atoms with Crippen molar-refractivity contribution in [2.45, 2.75) is 39.7 Å². The number of nitrogens with zero attached hydrogens (tertiary/aromatic N) is 2. The Bertz CT molecular complexity index is 383. The van der Waals surface area contributed by atoms with Crippen LogP contribution in [-0.2, 0) is 6.42 Å². The number of aryl methyl sites for hydroxylation is 1. The van der Waals surface area contributed by atoms with E-state index in [4.69, 9.17) is 5.84 Å². The number of hydrazine groups is 1. The molecule has 0 radical (unpaired) electrons. The Labute approximate surface area is 113 Å². The lowest BCUT2D eigenvalue weighted by Crippen LogP contribution is -2.20. The molecule has 1 aromatic heterocycles. The van der Waals surface area contributed by atoms with E-state index in [1.54, 1.807) is 0 Å². The molecule has 0 aromatic carbocycles. The second-order valence-electron chi connectivity index (χ2n) is 4.29. The quantitative estimate of drug-likeness (QED) is 0.520. The molecule has 0 fully saturated rings. The molecule has 1 unspecified atom stereocenters. The van der Waals surface area contributed by atoms with Gasteiger partial charge in [-0.05, 0) is 32.3 Å². The van der Waals surface area contributed by atoms with Gasteiger partial charge in [0.1, 0.15) is 17.5 Å². The first-order valence-corrected chi connectivity index (χ1v) is 7.61. The summed E-state index contributed by atoms with van der Waals surface area (Å²) in [6, 6.07) is 0.390. The number of hydrogen-bond donors (Lipinski definition) is 3. The first kappa shape index (κ1) is 15.0. The SMILES string of the molecule is CCc1nc(NN)c(C)c(NC(C)CCSC)n1. The summed E-state index contributed by atoms with van der Waals surface area (Å²) in [6.07, 6.45) is 4.02. The maximum atomic E-state index is 5.48. The molecule has 102 valence electrons. The van der Waals surface area contributed by atoms with Gasteiger partial charge in [0.2, 0.25) is 0 Å². The summed E-state index contributed by atoms with van der Waals surface area (Å²) in [7, 11) is 0. The lowest BCUT2D eigenvalue weighted by molar-refractivity contribution is 0.761. The lowest BCUT2D eigenvalue weighted by atomic mass is 10.2. The van der Waals surface area contributed by atoms with Crippen LogP contribution in [0.1, 0.15) is 31.7 Å². The summed E-state index contributed by atoms with van der Waals surface area (Å²) in [6.45, 7) is 6.17. The van der Waals surface area contributed by atoms with Crippen molar-refractivity contribution in [1.29, 1.82) is 0 Å². The minimum absolute atomic E-state index is 0.390. The average Bonchev–Trinajstić information content (AvgIpc) is 2.38. The van der Waals surface area contributed by atoms with Crippen molar-refractivity contribution in [1.82, 2.24) is 9.97 Å². The third-order valence-electron chi connectivity index (χ3n) is 2.78. The molecular weight excluding hydrogens is 246 g/mol. The van der Waals surface area contributed by atoms with Crippen LogP contribution >= 0.6 is 11.8 Å². The molecule has 5 nitrogen and oxygen atoms in total. The van der Waals surface area contributed by atoms with Crippen molar-refractivity contribution < 1.29 is 0 Å². The van der Waals surface area contributed by atoms with Gasteiger partial charge in [-0.2, -0.15) is 11.8 Å². The fraction of sp³-hybridized carbons (Fsp3) is 0.667. The van der Waals surface area contributed by atoms with Crippen LogP contribution in [0.5, 0.6) is 0 Å². The molecule has 1 atom stereocenters. The minimum atomic E-state index is 0.390. The van der Waals surface area contributed by atoms with Gasteiger partial charge in [0, 0.05) is 18.0 Å². The predicted octanol–water partition coefficient (Wildman–Crippen LogP) is 2.19. The Kier molecular flexibility index (Phi) is 6.21. The van der Waals surface area contributed by atoms with Crippen molar-refractivity contribution in [2.75, 3.05) is 22.8 Å². The van der Waals surface area contributed by atoms with Crippen LogP contribution in [-0.4, -0.2) is 28.0 Å². The number of nitrogens with one attached hydrogen (secondary N) is 2. The fourth-order valence-corrected chi connectivity index (χ4v) is 2.19. The summed E-state index contributed by atoms with van der Waals surface area (Å²) in [4.78, 5) is 8.87. The zero-order chi connectivity index (χ0) is 13.5. The van der Waals surface area contributed by atoms with E-state index in [2.05, 4.69) is 33.9 Å². The van der Waals surface area contributed by atoms with Gasteiger partial charge in [-0.15, -0.1) is 0 Å². The molecular formula is C12H23N5S. The predicted molar refractivity (Wildman–Crippen MR) is 80.0 cm³/mol. The summed E-state index contributed by atoms with van der Waals surface area (Å²) in [5, 5.41) is 3.43. The second-order valence-corrected chi connectivity index (χ2v) is 5.27. The molecule has 0 amide bonds. The van der Waals surface area contributed by atoms with Gasteiger partial charge >= 0.3 is 0 Å². The van der Waals surface area contributed by atoms with Crippen molar-refractivity contribution in [2.24, 2.45) is 5.84 Å². The van der Waals surface area contributed by atoms with Crippen LogP contribution in [0.2, 0.25) is 0 Å². The Hall–Kier alpha value is -1.01. The molecule has 0 aliphatic heterocycles. The van der Waals surface area contributed by atoms with Crippen LogP contribution in [0, 0.1) is 6.92 Å². The van der Waals surface area contributed by atoms with Gasteiger partial charge in [-0.25, -0.2) is 15.8 Å². The van der Waals surface area contributed by atoms with Crippen molar-refractivity contribution in [3.63, 3.8) is 0 Å². The number of rotatable bonds is 7. The average molecular weight is 269 g/mol. The van der Waals surface area contributed by atoms with E-state index in [0.717, 1.165) is 35.8 Å². The Morgan fingerprint density at radius 3 is 2.56 bits per heavy atom. The Balaban J connectivity index is 2.86. The Morgan fingerprint density at radius 1 is 1.33 bits per heavy atom. The zero-order valence-corrected chi connectivity index (χ0v) is 12.4. The van der Waals surface area contributed by atoms with Crippen molar-refractivity contribution in [3.8, 4) is 0 Å². The molecule has 1 heterocycles. The number of nitrogens with two attached hydrogens (primary N) is 1. The molecule has 18 heavy (non-hydrogen) atoms. The Morgan fingerprint density at radius 2 is 2.00 bits per heavy atom. The number of hydrogen-bond acceptors (Lipinski definition) is 6. The molecule has 0 bridgehead atoms. The summed E-state index contributed by atoms with van der Waals surface area (Å²) in [5.74, 6) is 9.00. The molecule has 1 rings (SSSR count). The molecule has 6 heteroatoms. The maximum Gasteiger partial charge on any atom is 0.148 e. The van der Waals surface area contributed by atoms with E-state index in [1.807, 2.05) is 25.6 Å². The van der Waals surface area contributed by atoms with E-state index in [0.29, 0.717) is 11.9 Å². The first-order valence-electron chi connectivity index (χ1n) is 6.21. The van der Waals surface area contributed by atoms with E-state index < -0.39 is 0 Å². The second kappa shape index (κ2) is 7.43. The van der Waals surface area contributed by atoms with E-state index in [1.165, 1.54) is 0 Å². The standard InChI is InChI=1S/C12H23N5S/c1-5-10-15-11(9(3)12(16-10)17-13)14-8(2)6-7-18-4/h8H,5-7,13H2,1-4H3,(H2,14,15,16,17). The van der Waals surface area contributed by atoms with Crippen LogP contribution < -0.4 is 16.6 Å². The molecule has 1 aromatic rings. The topological polar surface area (TPSA) is 75.9 Å². The number of aromatic nitrogens is 2. The number of nitrogen functional groups attached to an aromatic ring is 1. The highest BCUT2D eigenvalue weighted by Gasteiger charge is 2.11. The van der Waals surface area contributed by atoms with Gasteiger partial charge in [0.05, 0.1) is 0 Å². The third kappa shape index (κ3) is 4.03. The number of anilines is 2. The van der Waals surface area contributed by atoms with E-state index in [9.17, 15) is 0 Å². The highest BCUT2D eigenvalue weighted by atomic mass is 32.2. The highest BCUT2D eigenvalue weighted by Crippen LogP contribution is 2.20. The van der Waals surface area contributed by atoms with Crippen molar-refractivity contribution in [3.05, 3.63) is 11.4 Å². The summed E-state index contributed by atoms with van der Waals surface area (Å²) in [5.41, 5.74) is 3.60. The van der Waals surface area contributed by atoms with Gasteiger partial charge in [0.15, 0.2) is 0 Å². The fourth-order valence-electron chi connectivity index (χ4n) is 1.60. The van der Waals surface area contributed by atoms with Gasteiger partial charge in [0.25, 0.3) is 0 Å². The number of thioether (sulfide) groups is 1. The smallest absolute Gasteiger partial charge is 0.148 e. The van der Waals surface area contributed by atoms with Crippen LogP contribution in [0.4, 0.5) is 11.6 Å².